The van der Waals surface area contributed by atoms with Crippen molar-refractivity contribution < 1.29 is 23.8 Å². The molecule has 0 aliphatic heterocycles. The highest BCUT2D eigenvalue weighted by Gasteiger charge is 2.24. The van der Waals surface area contributed by atoms with Crippen LogP contribution in [0.5, 0.6) is 11.5 Å². The Balaban J connectivity index is 1.80. The quantitative estimate of drug-likeness (QED) is 0.203. The summed E-state index contributed by atoms with van der Waals surface area (Å²) in [5.74, 6) is 0.947. The van der Waals surface area contributed by atoms with E-state index in [0.717, 1.165) is 32.5 Å². The molecule has 190 valence electrons. The fraction of sp³-hybridized carbons (Fsp3) is 0.286. The van der Waals surface area contributed by atoms with Crippen molar-refractivity contribution in [2.24, 2.45) is 5.92 Å². The van der Waals surface area contributed by atoms with Crippen molar-refractivity contribution in [3.05, 3.63) is 69.0 Å². The minimum Gasteiger partial charge on any atom is -0.493 e. The average molecular weight is 573 g/mol. The predicted molar refractivity (Wildman–Crippen MR) is 149 cm³/mol. The number of ether oxygens (including phenoxy) is 3. The second-order valence-corrected chi connectivity index (χ2v) is 10.6. The Bertz CT molecular complexity index is 1250. The maximum atomic E-state index is 12.8. The van der Waals surface area contributed by atoms with Crippen molar-refractivity contribution in [2.75, 3.05) is 26.1 Å². The van der Waals surface area contributed by atoms with E-state index in [2.05, 4.69) is 35.1 Å². The number of rotatable bonds is 10. The molecule has 36 heavy (non-hydrogen) atoms. The van der Waals surface area contributed by atoms with Crippen LogP contribution in [0.4, 0.5) is 5.00 Å². The second kappa shape index (κ2) is 12.7. The molecule has 0 atom stereocenters. The average Bonchev–Trinajstić information content (AvgIpc) is 3.18. The highest BCUT2D eigenvalue weighted by molar-refractivity contribution is 9.10. The first-order valence-corrected chi connectivity index (χ1v) is 13.1. The SMILES string of the molecule is COC(=O)c1c(NC(=O)/C=C/c2ccc(OCCC(C)C)c(OC)c2)sc(C)c1-c1ccc(Br)cc1. The summed E-state index contributed by atoms with van der Waals surface area (Å²) in [7, 11) is 2.91. The number of halogens is 1. The topological polar surface area (TPSA) is 73.9 Å². The Morgan fingerprint density at radius 2 is 1.81 bits per heavy atom. The number of anilines is 1. The standard InChI is InChI=1S/C28H30BrNO5S/c1-17(2)14-15-35-22-12-6-19(16-23(22)33-4)7-13-24(31)30-27-26(28(32)34-5)25(18(3)36-27)20-8-10-21(29)11-9-20/h6-13,16-17H,14-15H2,1-5H3,(H,30,31)/b13-7+. The zero-order chi connectivity index (χ0) is 26.2. The van der Waals surface area contributed by atoms with Crippen molar-refractivity contribution in [2.45, 2.75) is 27.2 Å². The molecule has 0 saturated heterocycles. The summed E-state index contributed by atoms with van der Waals surface area (Å²) in [6.45, 7) is 6.81. The summed E-state index contributed by atoms with van der Waals surface area (Å²) in [5, 5.41) is 3.29. The molecule has 0 unspecified atom stereocenters. The van der Waals surface area contributed by atoms with Gasteiger partial charge in [-0.05, 0) is 60.7 Å². The minimum absolute atomic E-state index is 0.341. The van der Waals surface area contributed by atoms with Crippen LogP contribution in [0.2, 0.25) is 0 Å². The molecule has 1 aromatic heterocycles. The van der Waals surface area contributed by atoms with Gasteiger partial charge in [0.25, 0.3) is 0 Å². The zero-order valence-electron chi connectivity index (χ0n) is 21.0. The summed E-state index contributed by atoms with van der Waals surface area (Å²) in [6, 6.07) is 13.2. The molecule has 0 fully saturated rings. The zero-order valence-corrected chi connectivity index (χ0v) is 23.4. The number of hydrogen-bond donors (Lipinski definition) is 1. The van der Waals surface area contributed by atoms with E-state index in [1.165, 1.54) is 24.5 Å². The van der Waals surface area contributed by atoms with Crippen LogP contribution in [0.15, 0.2) is 53.0 Å². The van der Waals surface area contributed by atoms with Crippen molar-refractivity contribution in [3.8, 4) is 22.6 Å². The summed E-state index contributed by atoms with van der Waals surface area (Å²) in [4.78, 5) is 26.3. The van der Waals surface area contributed by atoms with Crippen LogP contribution in [0, 0.1) is 12.8 Å². The first-order valence-electron chi connectivity index (χ1n) is 11.5. The van der Waals surface area contributed by atoms with Gasteiger partial charge < -0.3 is 19.5 Å². The lowest BCUT2D eigenvalue weighted by atomic mass is 10.0. The van der Waals surface area contributed by atoms with Gasteiger partial charge >= 0.3 is 5.97 Å². The van der Waals surface area contributed by atoms with Crippen LogP contribution in [0.1, 0.15) is 41.1 Å². The normalized spacial score (nSPS) is 11.1. The lowest BCUT2D eigenvalue weighted by Gasteiger charge is -2.12. The number of methoxy groups -OCH3 is 2. The predicted octanol–water partition coefficient (Wildman–Crippen LogP) is 7.36. The number of aryl methyl sites for hydroxylation is 1. The Labute approximate surface area is 224 Å². The molecule has 0 saturated carbocycles. The van der Waals surface area contributed by atoms with E-state index in [4.69, 9.17) is 14.2 Å². The monoisotopic (exact) mass is 571 g/mol. The largest absolute Gasteiger partial charge is 0.493 e. The van der Waals surface area contributed by atoms with Crippen molar-refractivity contribution in [1.29, 1.82) is 0 Å². The molecule has 1 N–H and O–H groups in total. The van der Waals surface area contributed by atoms with E-state index in [-0.39, 0.29) is 5.91 Å². The number of amides is 1. The van der Waals surface area contributed by atoms with Gasteiger partial charge in [0.05, 0.1) is 20.8 Å². The molecule has 6 nitrogen and oxygen atoms in total. The lowest BCUT2D eigenvalue weighted by Crippen LogP contribution is -2.11. The van der Waals surface area contributed by atoms with Gasteiger partial charge in [-0.1, -0.05) is 48.0 Å². The number of carbonyl (C=O) groups is 2. The third kappa shape index (κ3) is 6.98. The van der Waals surface area contributed by atoms with Crippen molar-refractivity contribution in [3.63, 3.8) is 0 Å². The number of nitrogens with one attached hydrogen (secondary N) is 1. The third-order valence-electron chi connectivity index (χ3n) is 5.41. The van der Waals surface area contributed by atoms with Crippen LogP contribution < -0.4 is 14.8 Å². The Morgan fingerprint density at radius 1 is 1.08 bits per heavy atom. The van der Waals surface area contributed by atoms with Gasteiger partial charge in [-0.3, -0.25) is 4.79 Å². The van der Waals surface area contributed by atoms with Gasteiger partial charge in [-0.15, -0.1) is 11.3 Å². The highest BCUT2D eigenvalue weighted by Crippen LogP contribution is 2.40. The van der Waals surface area contributed by atoms with E-state index in [0.29, 0.717) is 34.6 Å². The van der Waals surface area contributed by atoms with Crippen LogP contribution in [0.25, 0.3) is 17.2 Å². The second-order valence-electron chi connectivity index (χ2n) is 8.50. The van der Waals surface area contributed by atoms with Gasteiger partial charge in [-0.2, -0.15) is 0 Å². The van der Waals surface area contributed by atoms with E-state index < -0.39 is 5.97 Å². The van der Waals surface area contributed by atoms with Gasteiger partial charge in [-0.25, -0.2) is 4.79 Å². The maximum Gasteiger partial charge on any atom is 0.341 e. The molecular weight excluding hydrogens is 542 g/mol. The molecule has 1 heterocycles. The molecule has 1 amide bonds. The number of thiophene rings is 1. The summed E-state index contributed by atoms with van der Waals surface area (Å²) < 4.78 is 17.2. The van der Waals surface area contributed by atoms with Gasteiger partial charge in [0, 0.05) is 21.0 Å². The van der Waals surface area contributed by atoms with Gasteiger partial charge in [0.15, 0.2) is 11.5 Å². The Morgan fingerprint density at radius 3 is 2.44 bits per heavy atom. The molecule has 3 aromatic rings. The van der Waals surface area contributed by atoms with E-state index in [1.54, 1.807) is 13.2 Å². The molecule has 0 spiro atoms. The number of carbonyl (C=O) groups excluding carboxylic acids is 2. The van der Waals surface area contributed by atoms with Crippen LogP contribution >= 0.6 is 27.3 Å². The number of esters is 1. The minimum atomic E-state index is -0.505. The lowest BCUT2D eigenvalue weighted by molar-refractivity contribution is -0.111. The summed E-state index contributed by atoms with van der Waals surface area (Å²) in [6.07, 6.45) is 4.05. The fourth-order valence-corrected chi connectivity index (χ4v) is 4.86. The molecular formula is C28H30BrNO5S. The van der Waals surface area contributed by atoms with Crippen LogP contribution in [0.3, 0.4) is 0 Å². The summed E-state index contributed by atoms with van der Waals surface area (Å²) in [5.41, 5.74) is 2.74. The first kappa shape index (κ1) is 27.5. The number of hydrogen-bond acceptors (Lipinski definition) is 6. The summed E-state index contributed by atoms with van der Waals surface area (Å²) >= 11 is 4.77. The van der Waals surface area contributed by atoms with Crippen molar-refractivity contribution in [1.82, 2.24) is 0 Å². The first-order chi connectivity index (χ1) is 17.2. The van der Waals surface area contributed by atoms with Crippen LogP contribution in [-0.4, -0.2) is 32.7 Å². The van der Waals surface area contributed by atoms with Crippen LogP contribution in [-0.2, 0) is 9.53 Å². The van der Waals surface area contributed by atoms with Gasteiger partial charge in [0.1, 0.15) is 10.6 Å². The Kier molecular flexibility index (Phi) is 9.73. The molecule has 3 rings (SSSR count). The van der Waals surface area contributed by atoms with E-state index in [1.807, 2.05) is 49.4 Å². The van der Waals surface area contributed by atoms with E-state index >= 15 is 0 Å². The highest BCUT2D eigenvalue weighted by atomic mass is 79.9. The number of benzene rings is 2. The molecule has 0 radical (unpaired) electrons. The maximum absolute atomic E-state index is 12.8. The molecule has 8 heteroatoms. The van der Waals surface area contributed by atoms with Gasteiger partial charge in [0.2, 0.25) is 5.91 Å². The fourth-order valence-electron chi connectivity index (χ4n) is 3.53. The molecule has 2 aromatic carbocycles. The van der Waals surface area contributed by atoms with Crippen molar-refractivity contribution >= 4 is 50.2 Å². The molecule has 0 aliphatic rings. The van der Waals surface area contributed by atoms with E-state index in [9.17, 15) is 9.59 Å². The molecule has 0 bridgehead atoms. The smallest absolute Gasteiger partial charge is 0.341 e. The molecule has 0 aliphatic carbocycles. The third-order valence-corrected chi connectivity index (χ3v) is 6.96. The Hall–Kier alpha value is -3.10.